The lowest BCUT2D eigenvalue weighted by Gasteiger charge is -2.27. The summed E-state index contributed by atoms with van der Waals surface area (Å²) in [6, 6.07) is 11.3. The van der Waals surface area contributed by atoms with Crippen molar-refractivity contribution in [3.63, 3.8) is 0 Å². The maximum absolute atomic E-state index is 5.50. The molecule has 0 aliphatic carbocycles. The standard InChI is InChI=1S/C13H20N2O/c1-11-7-8-13(9-14-11)15-16-10-12-5-3-2-4-6-12/h2-6,11,13-15H,7-10H2,1H3/t11-,13+/m0/s1. The molecule has 1 heterocycles. The third-order valence-corrected chi connectivity index (χ3v) is 2.99. The monoisotopic (exact) mass is 220 g/mol. The molecule has 1 aromatic rings. The van der Waals surface area contributed by atoms with Gasteiger partial charge in [0, 0.05) is 18.6 Å². The van der Waals surface area contributed by atoms with Crippen molar-refractivity contribution < 1.29 is 4.84 Å². The van der Waals surface area contributed by atoms with E-state index in [2.05, 4.69) is 29.9 Å². The molecule has 88 valence electrons. The fraction of sp³-hybridized carbons (Fsp3) is 0.538. The molecule has 0 unspecified atom stereocenters. The molecule has 1 fully saturated rings. The van der Waals surface area contributed by atoms with Crippen LogP contribution >= 0.6 is 0 Å². The summed E-state index contributed by atoms with van der Waals surface area (Å²) in [6.07, 6.45) is 2.40. The Labute approximate surface area is 97.1 Å². The van der Waals surface area contributed by atoms with Gasteiger partial charge in [0.15, 0.2) is 0 Å². The molecule has 1 aliphatic heterocycles. The minimum absolute atomic E-state index is 0.444. The van der Waals surface area contributed by atoms with Crippen LogP contribution in [0.1, 0.15) is 25.3 Å². The van der Waals surface area contributed by atoms with Crippen molar-refractivity contribution in [1.82, 2.24) is 10.8 Å². The minimum Gasteiger partial charge on any atom is -0.313 e. The predicted molar refractivity (Wildman–Crippen MR) is 64.9 cm³/mol. The molecule has 1 aliphatic rings. The Morgan fingerprint density at radius 2 is 2.12 bits per heavy atom. The first-order valence-electron chi connectivity index (χ1n) is 5.99. The summed E-state index contributed by atoms with van der Waals surface area (Å²) in [5.41, 5.74) is 4.33. The molecule has 2 atom stereocenters. The highest BCUT2D eigenvalue weighted by atomic mass is 16.6. The Kier molecular flexibility index (Phi) is 4.34. The molecule has 0 aromatic heterocycles. The van der Waals surface area contributed by atoms with E-state index in [1.54, 1.807) is 0 Å². The van der Waals surface area contributed by atoms with Gasteiger partial charge < -0.3 is 5.32 Å². The number of rotatable bonds is 4. The molecule has 0 spiro atoms. The zero-order valence-electron chi connectivity index (χ0n) is 9.78. The highest BCUT2D eigenvalue weighted by Gasteiger charge is 2.16. The van der Waals surface area contributed by atoms with Gasteiger partial charge in [-0.05, 0) is 25.3 Å². The summed E-state index contributed by atoms with van der Waals surface area (Å²) in [5.74, 6) is 0. The van der Waals surface area contributed by atoms with Gasteiger partial charge in [0.2, 0.25) is 0 Å². The summed E-state index contributed by atoms with van der Waals surface area (Å²) in [5, 5.41) is 3.44. The fourth-order valence-corrected chi connectivity index (χ4v) is 1.92. The number of piperidine rings is 1. The lowest BCUT2D eigenvalue weighted by atomic mass is 10.0. The van der Waals surface area contributed by atoms with Gasteiger partial charge in [-0.1, -0.05) is 30.3 Å². The van der Waals surface area contributed by atoms with E-state index in [0.29, 0.717) is 18.7 Å². The van der Waals surface area contributed by atoms with Crippen LogP contribution in [0, 0.1) is 0 Å². The summed E-state index contributed by atoms with van der Waals surface area (Å²) in [6.45, 7) is 3.85. The van der Waals surface area contributed by atoms with Crippen molar-refractivity contribution in [1.29, 1.82) is 0 Å². The number of hydrogen-bond acceptors (Lipinski definition) is 3. The van der Waals surface area contributed by atoms with Crippen LogP contribution in [0.4, 0.5) is 0 Å². The summed E-state index contributed by atoms with van der Waals surface area (Å²) in [4.78, 5) is 5.50. The third kappa shape index (κ3) is 3.59. The van der Waals surface area contributed by atoms with Crippen LogP contribution in [0.2, 0.25) is 0 Å². The zero-order chi connectivity index (χ0) is 11.2. The molecule has 1 saturated heterocycles. The van der Waals surface area contributed by atoms with Crippen LogP contribution in [-0.4, -0.2) is 18.6 Å². The lowest BCUT2D eigenvalue weighted by molar-refractivity contribution is -0.00344. The molecule has 3 nitrogen and oxygen atoms in total. The van der Waals surface area contributed by atoms with Gasteiger partial charge in [0.1, 0.15) is 0 Å². The van der Waals surface area contributed by atoms with E-state index < -0.39 is 0 Å². The normalized spacial score (nSPS) is 25.6. The van der Waals surface area contributed by atoms with Crippen molar-refractivity contribution in [2.24, 2.45) is 0 Å². The fourth-order valence-electron chi connectivity index (χ4n) is 1.92. The van der Waals surface area contributed by atoms with Gasteiger partial charge in [-0.3, -0.25) is 4.84 Å². The van der Waals surface area contributed by atoms with Crippen LogP contribution in [0.5, 0.6) is 0 Å². The molecule has 0 radical (unpaired) electrons. The SMILES string of the molecule is C[C@H]1CC[C@@H](NOCc2ccccc2)CN1. The average molecular weight is 220 g/mol. The second kappa shape index (κ2) is 5.99. The van der Waals surface area contributed by atoms with Crippen molar-refractivity contribution in [2.75, 3.05) is 6.54 Å². The van der Waals surface area contributed by atoms with E-state index in [1.165, 1.54) is 18.4 Å². The molecule has 3 heteroatoms. The highest BCUT2D eigenvalue weighted by molar-refractivity contribution is 5.13. The summed E-state index contributed by atoms with van der Waals surface area (Å²) < 4.78 is 0. The van der Waals surface area contributed by atoms with Gasteiger partial charge in [-0.15, -0.1) is 0 Å². The van der Waals surface area contributed by atoms with E-state index in [1.807, 2.05) is 18.2 Å². The number of hydrogen-bond donors (Lipinski definition) is 2. The maximum atomic E-state index is 5.50. The van der Waals surface area contributed by atoms with Crippen molar-refractivity contribution >= 4 is 0 Å². The van der Waals surface area contributed by atoms with E-state index in [0.717, 1.165) is 6.54 Å². The van der Waals surface area contributed by atoms with Crippen LogP contribution in [0.25, 0.3) is 0 Å². The second-order valence-corrected chi connectivity index (χ2v) is 4.48. The molecular weight excluding hydrogens is 200 g/mol. The Morgan fingerprint density at radius 1 is 1.31 bits per heavy atom. The number of benzene rings is 1. The van der Waals surface area contributed by atoms with Crippen LogP contribution in [0.15, 0.2) is 30.3 Å². The number of hydroxylamine groups is 1. The maximum Gasteiger partial charge on any atom is 0.0933 e. The Bertz CT molecular complexity index is 294. The van der Waals surface area contributed by atoms with Crippen LogP contribution in [0.3, 0.4) is 0 Å². The molecule has 16 heavy (non-hydrogen) atoms. The van der Waals surface area contributed by atoms with E-state index in [4.69, 9.17) is 4.84 Å². The molecule has 0 saturated carbocycles. The van der Waals surface area contributed by atoms with E-state index >= 15 is 0 Å². The van der Waals surface area contributed by atoms with Crippen molar-refractivity contribution in [2.45, 2.75) is 38.5 Å². The quantitative estimate of drug-likeness (QED) is 0.760. The van der Waals surface area contributed by atoms with Gasteiger partial charge >= 0.3 is 0 Å². The Balaban J connectivity index is 1.65. The lowest BCUT2D eigenvalue weighted by Crippen LogP contribution is -2.46. The molecule has 2 N–H and O–H groups in total. The smallest absolute Gasteiger partial charge is 0.0933 e. The second-order valence-electron chi connectivity index (χ2n) is 4.48. The molecule has 2 rings (SSSR count). The van der Waals surface area contributed by atoms with E-state index in [-0.39, 0.29) is 0 Å². The third-order valence-electron chi connectivity index (χ3n) is 2.99. The van der Waals surface area contributed by atoms with E-state index in [9.17, 15) is 0 Å². The topological polar surface area (TPSA) is 33.3 Å². The number of nitrogens with one attached hydrogen (secondary N) is 2. The Hall–Kier alpha value is -0.900. The van der Waals surface area contributed by atoms with Gasteiger partial charge in [0.25, 0.3) is 0 Å². The van der Waals surface area contributed by atoms with Crippen molar-refractivity contribution in [3.05, 3.63) is 35.9 Å². The largest absolute Gasteiger partial charge is 0.313 e. The summed E-state index contributed by atoms with van der Waals surface area (Å²) >= 11 is 0. The van der Waals surface area contributed by atoms with Crippen LogP contribution < -0.4 is 10.8 Å². The highest BCUT2D eigenvalue weighted by Crippen LogP contribution is 2.07. The first kappa shape index (κ1) is 11.6. The molecule has 0 amide bonds. The first-order valence-corrected chi connectivity index (χ1v) is 5.99. The van der Waals surface area contributed by atoms with Crippen LogP contribution in [-0.2, 0) is 11.4 Å². The predicted octanol–water partition coefficient (Wildman–Crippen LogP) is 1.85. The first-order chi connectivity index (χ1) is 7.84. The molecular formula is C13H20N2O. The Morgan fingerprint density at radius 3 is 2.81 bits per heavy atom. The van der Waals surface area contributed by atoms with Gasteiger partial charge in [-0.25, -0.2) is 0 Å². The molecule has 1 aromatic carbocycles. The van der Waals surface area contributed by atoms with Crippen molar-refractivity contribution in [3.8, 4) is 0 Å². The average Bonchev–Trinajstić information content (AvgIpc) is 2.33. The minimum atomic E-state index is 0.444. The summed E-state index contributed by atoms with van der Waals surface area (Å²) in [7, 11) is 0. The van der Waals surface area contributed by atoms with Gasteiger partial charge in [-0.2, -0.15) is 5.48 Å². The van der Waals surface area contributed by atoms with Gasteiger partial charge in [0.05, 0.1) is 6.61 Å². The molecule has 0 bridgehead atoms. The zero-order valence-corrected chi connectivity index (χ0v) is 9.78.